The third-order valence-electron chi connectivity index (χ3n) is 2.48. The van der Waals surface area contributed by atoms with Crippen LogP contribution in [0.2, 0.25) is 0 Å². The molecule has 2 rings (SSSR count). The van der Waals surface area contributed by atoms with E-state index in [2.05, 4.69) is 20.8 Å². The van der Waals surface area contributed by atoms with E-state index in [9.17, 15) is 9.18 Å². The molecule has 0 unspecified atom stereocenters. The summed E-state index contributed by atoms with van der Waals surface area (Å²) < 4.78 is 13.0. The highest BCUT2D eigenvalue weighted by Gasteiger charge is 2.12. The maximum atomic E-state index is 13.0. The summed E-state index contributed by atoms with van der Waals surface area (Å²) in [4.78, 5) is 12.0. The van der Waals surface area contributed by atoms with E-state index in [1.807, 2.05) is 20.8 Å². The standard InChI is InChI=1S/C15H17FN4O/c1-15(2,3)18-13-8-7-12(19-20-13)14(21)17-11-6-4-5-10(16)9-11/h4-9H,1-3H3,(H,17,21)(H,18,20). The van der Waals surface area contributed by atoms with E-state index in [1.165, 1.54) is 18.2 Å². The Morgan fingerprint density at radius 3 is 2.48 bits per heavy atom. The van der Waals surface area contributed by atoms with Gasteiger partial charge in [-0.25, -0.2) is 4.39 Å². The maximum absolute atomic E-state index is 13.0. The zero-order chi connectivity index (χ0) is 15.5. The lowest BCUT2D eigenvalue weighted by Crippen LogP contribution is -2.27. The molecule has 0 saturated heterocycles. The smallest absolute Gasteiger partial charge is 0.276 e. The van der Waals surface area contributed by atoms with Crippen molar-refractivity contribution in [3.63, 3.8) is 0 Å². The van der Waals surface area contributed by atoms with Crippen molar-refractivity contribution in [3.8, 4) is 0 Å². The van der Waals surface area contributed by atoms with Crippen molar-refractivity contribution < 1.29 is 9.18 Å². The molecule has 0 atom stereocenters. The van der Waals surface area contributed by atoms with Gasteiger partial charge in [-0.3, -0.25) is 4.79 Å². The van der Waals surface area contributed by atoms with Crippen LogP contribution in [0.1, 0.15) is 31.3 Å². The van der Waals surface area contributed by atoms with Crippen molar-refractivity contribution in [2.75, 3.05) is 10.6 Å². The summed E-state index contributed by atoms with van der Waals surface area (Å²) in [7, 11) is 0. The Labute approximate surface area is 122 Å². The van der Waals surface area contributed by atoms with Gasteiger partial charge >= 0.3 is 0 Å². The number of carbonyl (C=O) groups excluding carboxylic acids is 1. The number of nitrogens with one attached hydrogen (secondary N) is 2. The number of amides is 1. The summed E-state index contributed by atoms with van der Waals surface area (Å²) in [6.07, 6.45) is 0. The Morgan fingerprint density at radius 2 is 1.90 bits per heavy atom. The van der Waals surface area contributed by atoms with Crippen LogP contribution in [0.3, 0.4) is 0 Å². The van der Waals surface area contributed by atoms with Gasteiger partial charge in [0, 0.05) is 11.2 Å². The third-order valence-corrected chi connectivity index (χ3v) is 2.48. The molecule has 2 N–H and O–H groups in total. The number of rotatable bonds is 3. The van der Waals surface area contributed by atoms with Crippen molar-refractivity contribution in [1.82, 2.24) is 10.2 Å². The quantitative estimate of drug-likeness (QED) is 0.911. The van der Waals surface area contributed by atoms with Gasteiger partial charge < -0.3 is 10.6 Å². The van der Waals surface area contributed by atoms with Gasteiger partial charge in [-0.1, -0.05) is 6.07 Å². The molecule has 1 aromatic heterocycles. The molecular formula is C15H17FN4O. The van der Waals surface area contributed by atoms with Crippen LogP contribution in [0.4, 0.5) is 15.9 Å². The zero-order valence-corrected chi connectivity index (χ0v) is 12.1. The molecule has 0 fully saturated rings. The van der Waals surface area contributed by atoms with Gasteiger partial charge in [-0.05, 0) is 51.1 Å². The minimum atomic E-state index is -0.435. The van der Waals surface area contributed by atoms with Crippen molar-refractivity contribution in [2.24, 2.45) is 0 Å². The van der Waals surface area contributed by atoms with E-state index < -0.39 is 11.7 Å². The number of hydrogen-bond acceptors (Lipinski definition) is 4. The first kappa shape index (κ1) is 14.9. The summed E-state index contributed by atoms with van der Waals surface area (Å²) >= 11 is 0. The maximum Gasteiger partial charge on any atom is 0.276 e. The van der Waals surface area contributed by atoms with Gasteiger partial charge in [0.1, 0.15) is 11.6 Å². The molecule has 0 radical (unpaired) electrons. The number of aromatic nitrogens is 2. The number of anilines is 2. The molecule has 0 aliphatic rings. The van der Waals surface area contributed by atoms with Crippen LogP contribution in [-0.4, -0.2) is 21.6 Å². The van der Waals surface area contributed by atoms with Gasteiger partial charge in [0.2, 0.25) is 0 Å². The minimum Gasteiger partial charge on any atom is -0.364 e. The summed E-state index contributed by atoms with van der Waals surface area (Å²) in [6.45, 7) is 6.00. The molecular weight excluding hydrogens is 271 g/mol. The van der Waals surface area contributed by atoms with Gasteiger partial charge in [-0.2, -0.15) is 0 Å². The molecule has 0 aliphatic carbocycles. The van der Waals surface area contributed by atoms with E-state index in [4.69, 9.17) is 0 Å². The first-order chi connectivity index (χ1) is 9.83. The lowest BCUT2D eigenvalue weighted by molar-refractivity contribution is 0.102. The average Bonchev–Trinajstić information content (AvgIpc) is 2.37. The fourth-order valence-electron chi connectivity index (χ4n) is 1.67. The highest BCUT2D eigenvalue weighted by Crippen LogP contribution is 2.13. The summed E-state index contributed by atoms with van der Waals surface area (Å²) in [5.41, 5.74) is 0.400. The Morgan fingerprint density at radius 1 is 1.14 bits per heavy atom. The Bertz CT molecular complexity index is 635. The molecule has 110 valence electrons. The lowest BCUT2D eigenvalue weighted by atomic mass is 10.1. The first-order valence-corrected chi connectivity index (χ1v) is 6.52. The van der Waals surface area contributed by atoms with E-state index >= 15 is 0 Å². The van der Waals surface area contributed by atoms with Crippen molar-refractivity contribution in [3.05, 3.63) is 47.9 Å². The van der Waals surface area contributed by atoms with Crippen LogP contribution in [-0.2, 0) is 0 Å². The molecule has 21 heavy (non-hydrogen) atoms. The molecule has 5 nitrogen and oxygen atoms in total. The topological polar surface area (TPSA) is 66.9 Å². The summed E-state index contributed by atoms with van der Waals surface area (Å²) in [5, 5.41) is 13.5. The highest BCUT2D eigenvalue weighted by molar-refractivity contribution is 6.02. The molecule has 1 amide bonds. The van der Waals surface area contributed by atoms with Crippen molar-refractivity contribution in [1.29, 1.82) is 0 Å². The van der Waals surface area contributed by atoms with E-state index in [-0.39, 0.29) is 11.2 Å². The van der Waals surface area contributed by atoms with Crippen molar-refractivity contribution in [2.45, 2.75) is 26.3 Å². The van der Waals surface area contributed by atoms with Crippen LogP contribution in [0.25, 0.3) is 0 Å². The number of benzene rings is 1. The average molecular weight is 288 g/mol. The molecule has 2 aromatic rings. The molecule has 0 spiro atoms. The second kappa shape index (κ2) is 5.87. The van der Waals surface area contributed by atoms with Crippen LogP contribution in [0.5, 0.6) is 0 Å². The number of hydrogen-bond donors (Lipinski definition) is 2. The summed E-state index contributed by atoms with van der Waals surface area (Å²) in [5.74, 6) is -0.260. The Hall–Kier alpha value is -2.50. The van der Waals surface area contributed by atoms with Crippen LogP contribution >= 0.6 is 0 Å². The van der Waals surface area contributed by atoms with Gasteiger partial charge in [-0.15, -0.1) is 10.2 Å². The van der Waals surface area contributed by atoms with E-state index in [0.29, 0.717) is 11.5 Å². The molecule has 1 heterocycles. The fourth-order valence-corrected chi connectivity index (χ4v) is 1.67. The Kier molecular flexibility index (Phi) is 4.16. The lowest BCUT2D eigenvalue weighted by Gasteiger charge is -2.20. The zero-order valence-electron chi connectivity index (χ0n) is 12.1. The number of nitrogens with zero attached hydrogens (tertiary/aromatic N) is 2. The summed E-state index contributed by atoms with van der Waals surface area (Å²) in [6, 6.07) is 8.91. The fraction of sp³-hybridized carbons (Fsp3) is 0.267. The van der Waals surface area contributed by atoms with E-state index in [1.54, 1.807) is 18.2 Å². The largest absolute Gasteiger partial charge is 0.364 e. The monoisotopic (exact) mass is 288 g/mol. The molecule has 0 aliphatic heterocycles. The minimum absolute atomic E-state index is 0.139. The Balaban J connectivity index is 2.06. The van der Waals surface area contributed by atoms with Crippen LogP contribution in [0, 0.1) is 5.82 Å². The second-order valence-electron chi connectivity index (χ2n) is 5.64. The molecule has 0 bridgehead atoms. The van der Waals surface area contributed by atoms with Crippen LogP contribution in [0.15, 0.2) is 36.4 Å². The molecule has 6 heteroatoms. The normalized spacial score (nSPS) is 11.0. The van der Waals surface area contributed by atoms with Gasteiger partial charge in [0.25, 0.3) is 5.91 Å². The number of halogens is 1. The molecule has 0 saturated carbocycles. The highest BCUT2D eigenvalue weighted by atomic mass is 19.1. The van der Waals surface area contributed by atoms with Crippen LogP contribution < -0.4 is 10.6 Å². The van der Waals surface area contributed by atoms with Crippen molar-refractivity contribution >= 4 is 17.4 Å². The predicted molar refractivity (Wildman–Crippen MR) is 79.8 cm³/mol. The van der Waals surface area contributed by atoms with E-state index in [0.717, 1.165) is 0 Å². The second-order valence-corrected chi connectivity index (χ2v) is 5.64. The van der Waals surface area contributed by atoms with Gasteiger partial charge in [0.05, 0.1) is 0 Å². The third kappa shape index (κ3) is 4.52. The van der Waals surface area contributed by atoms with Gasteiger partial charge in [0.15, 0.2) is 5.69 Å². The first-order valence-electron chi connectivity index (χ1n) is 6.52. The number of carbonyl (C=O) groups is 1. The molecule has 1 aromatic carbocycles. The SMILES string of the molecule is CC(C)(C)Nc1ccc(C(=O)Nc2cccc(F)c2)nn1. The predicted octanol–water partition coefficient (Wildman–Crippen LogP) is 3.08.